The zero-order valence-corrected chi connectivity index (χ0v) is 12.1. The Bertz CT molecular complexity index is 625. The highest BCUT2D eigenvalue weighted by atomic mass is 19.2. The summed E-state index contributed by atoms with van der Waals surface area (Å²) in [4.78, 5) is 0. The summed E-state index contributed by atoms with van der Waals surface area (Å²) in [5, 5.41) is 3.19. The van der Waals surface area contributed by atoms with E-state index >= 15 is 0 Å². The number of likely N-dealkylation sites (N-methyl/N-ethyl adjacent to an activating group) is 1. The Balaban J connectivity index is 2.30. The quantitative estimate of drug-likeness (QED) is 0.866. The summed E-state index contributed by atoms with van der Waals surface area (Å²) in [5.74, 6) is -2.01. The summed E-state index contributed by atoms with van der Waals surface area (Å²) in [6.45, 7) is 4.28. The van der Waals surface area contributed by atoms with Crippen molar-refractivity contribution in [2.24, 2.45) is 0 Å². The maximum atomic E-state index is 14.2. The van der Waals surface area contributed by atoms with Gasteiger partial charge >= 0.3 is 0 Å². The molecule has 1 unspecified atom stereocenters. The van der Waals surface area contributed by atoms with Gasteiger partial charge < -0.3 is 5.32 Å². The van der Waals surface area contributed by atoms with E-state index in [-0.39, 0.29) is 11.9 Å². The third-order valence-electron chi connectivity index (χ3n) is 3.47. The SMILES string of the molecule is CCNC(Cc1ccc(F)c(F)c1)c1cccc(C)c1F. The van der Waals surface area contributed by atoms with Crippen molar-refractivity contribution in [3.63, 3.8) is 0 Å². The van der Waals surface area contributed by atoms with Gasteiger partial charge in [-0.1, -0.05) is 31.2 Å². The second-order valence-electron chi connectivity index (χ2n) is 5.04. The molecule has 1 atom stereocenters. The fraction of sp³-hybridized carbons (Fsp3) is 0.294. The number of nitrogens with one attached hydrogen (secondary N) is 1. The average Bonchev–Trinajstić information content (AvgIpc) is 2.45. The highest BCUT2D eigenvalue weighted by Gasteiger charge is 2.17. The van der Waals surface area contributed by atoms with Crippen LogP contribution in [0.15, 0.2) is 36.4 Å². The van der Waals surface area contributed by atoms with Gasteiger partial charge in [0.05, 0.1) is 0 Å². The Kier molecular flexibility index (Phi) is 5.02. The zero-order valence-electron chi connectivity index (χ0n) is 12.1. The Labute approximate surface area is 122 Å². The highest BCUT2D eigenvalue weighted by molar-refractivity contribution is 5.30. The van der Waals surface area contributed by atoms with Gasteiger partial charge in [-0.05, 0) is 43.1 Å². The van der Waals surface area contributed by atoms with Crippen LogP contribution in [0, 0.1) is 24.4 Å². The van der Waals surface area contributed by atoms with Crippen molar-refractivity contribution in [1.82, 2.24) is 5.32 Å². The lowest BCUT2D eigenvalue weighted by Crippen LogP contribution is -2.24. The molecule has 1 N–H and O–H groups in total. The second kappa shape index (κ2) is 6.76. The molecular formula is C17H18F3N. The fourth-order valence-corrected chi connectivity index (χ4v) is 2.38. The first-order valence-corrected chi connectivity index (χ1v) is 6.95. The van der Waals surface area contributed by atoms with Crippen LogP contribution in [0.5, 0.6) is 0 Å². The van der Waals surface area contributed by atoms with Crippen LogP contribution in [0.2, 0.25) is 0 Å². The van der Waals surface area contributed by atoms with E-state index < -0.39 is 11.6 Å². The highest BCUT2D eigenvalue weighted by Crippen LogP contribution is 2.24. The molecule has 2 aromatic carbocycles. The smallest absolute Gasteiger partial charge is 0.159 e. The zero-order chi connectivity index (χ0) is 15.4. The molecule has 0 spiro atoms. The summed E-state index contributed by atoms with van der Waals surface area (Å²) in [7, 11) is 0. The Morgan fingerprint density at radius 3 is 2.48 bits per heavy atom. The molecule has 0 radical (unpaired) electrons. The molecule has 0 amide bonds. The van der Waals surface area contributed by atoms with E-state index in [1.807, 2.05) is 6.92 Å². The third-order valence-corrected chi connectivity index (χ3v) is 3.47. The van der Waals surface area contributed by atoms with Crippen molar-refractivity contribution in [3.05, 3.63) is 70.5 Å². The van der Waals surface area contributed by atoms with Crippen molar-refractivity contribution >= 4 is 0 Å². The van der Waals surface area contributed by atoms with E-state index in [0.717, 1.165) is 12.1 Å². The predicted molar refractivity (Wildman–Crippen MR) is 77.6 cm³/mol. The monoisotopic (exact) mass is 293 g/mol. The van der Waals surface area contributed by atoms with Crippen LogP contribution >= 0.6 is 0 Å². The lowest BCUT2D eigenvalue weighted by Gasteiger charge is -2.20. The van der Waals surface area contributed by atoms with Gasteiger partial charge in [0.15, 0.2) is 11.6 Å². The first-order chi connectivity index (χ1) is 10.0. The molecule has 0 saturated carbocycles. The molecule has 112 valence electrons. The molecule has 0 aliphatic carbocycles. The van der Waals surface area contributed by atoms with E-state index in [0.29, 0.717) is 29.7 Å². The van der Waals surface area contributed by atoms with Gasteiger partial charge in [-0.3, -0.25) is 0 Å². The molecule has 0 fully saturated rings. The van der Waals surface area contributed by atoms with Crippen LogP contribution in [-0.4, -0.2) is 6.54 Å². The molecule has 2 aromatic rings. The molecule has 0 heterocycles. The van der Waals surface area contributed by atoms with E-state index in [9.17, 15) is 13.2 Å². The lowest BCUT2D eigenvalue weighted by atomic mass is 9.96. The van der Waals surface area contributed by atoms with E-state index in [2.05, 4.69) is 5.32 Å². The van der Waals surface area contributed by atoms with Crippen LogP contribution in [0.3, 0.4) is 0 Å². The maximum Gasteiger partial charge on any atom is 0.159 e. The topological polar surface area (TPSA) is 12.0 Å². The molecule has 0 aliphatic rings. The van der Waals surface area contributed by atoms with Crippen LogP contribution < -0.4 is 5.32 Å². The molecular weight excluding hydrogens is 275 g/mol. The van der Waals surface area contributed by atoms with Crippen molar-refractivity contribution in [2.45, 2.75) is 26.3 Å². The van der Waals surface area contributed by atoms with Gasteiger partial charge in [-0.15, -0.1) is 0 Å². The molecule has 2 rings (SSSR count). The molecule has 21 heavy (non-hydrogen) atoms. The fourth-order valence-electron chi connectivity index (χ4n) is 2.38. The Hall–Kier alpha value is -1.81. The van der Waals surface area contributed by atoms with E-state index in [4.69, 9.17) is 0 Å². The minimum Gasteiger partial charge on any atom is -0.310 e. The normalized spacial score (nSPS) is 12.4. The first-order valence-electron chi connectivity index (χ1n) is 6.95. The maximum absolute atomic E-state index is 14.2. The van der Waals surface area contributed by atoms with Gasteiger partial charge in [0.25, 0.3) is 0 Å². The van der Waals surface area contributed by atoms with Crippen molar-refractivity contribution < 1.29 is 13.2 Å². The number of halogens is 3. The number of hydrogen-bond acceptors (Lipinski definition) is 1. The summed E-state index contributed by atoms with van der Waals surface area (Å²) in [6.07, 6.45) is 0.394. The van der Waals surface area contributed by atoms with Gasteiger partial charge in [0, 0.05) is 11.6 Å². The van der Waals surface area contributed by atoms with Crippen LogP contribution in [-0.2, 0) is 6.42 Å². The van der Waals surface area contributed by atoms with Crippen LogP contribution in [0.4, 0.5) is 13.2 Å². The minimum absolute atomic E-state index is 0.258. The molecule has 0 aliphatic heterocycles. The Morgan fingerprint density at radius 2 is 1.81 bits per heavy atom. The number of hydrogen-bond donors (Lipinski definition) is 1. The van der Waals surface area contributed by atoms with Crippen LogP contribution in [0.25, 0.3) is 0 Å². The first kappa shape index (κ1) is 15.6. The summed E-state index contributed by atoms with van der Waals surface area (Å²) in [5.41, 5.74) is 1.74. The molecule has 0 saturated heterocycles. The molecule has 0 bridgehead atoms. The second-order valence-corrected chi connectivity index (χ2v) is 5.04. The lowest BCUT2D eigenvalue weighted by molar-refractivity contribution is 0.494. The predicted octanol–water partition coefficient (Wildman–Crippen LogP) is 4.31. The van der Waals surface area contributed by atoms with Gasteiger partial charge in [-0.2, -0.15) is 0 Å². The number of benzene rings is 2. The van der Waals surface area contributed by atoms with Crippen LogP contribution in [0.1, 0.15) is 29.7 Å². The summed E-state index contributed by atoms with van der Waals surface area (Å²) >= 11 is 0. The van der Waals surface area contributed by atoms with E-state index in [1.54, 1.807) is 25.1 Å². The summed E-state index contributed by atoms with van der Waals surface area (Å²) < 4.78 is 40.5. The van der Waals surface area contributed by atoms with Crippen molar-refractivity contribution in [1.29, 1.82) is 0 Å². The molecule has 4 heteroatoms. The Morgan fingerprint density at radius 1 is 1.05 bits per heavy atom. The molecule has 0 aromatic heterocycles. The third kappa shape index (κ3) is 3.64. The number of aryl methyl sites for hydroxylation is 1. The van der Waals surface area contributed by atoms with Crippen molar-refractivity contribution in [2.75, 3.05) is 6.54 Å². The van der Waals surface area contributed by atoms with E-state index in [1.165, 1.54) is 6.07 Å². The van der Waals surface area contributed by atoms with Crippen molar-refractivity contribution in [3.8, 4) is 0 Å². The minimum atomic E-state index is -0.882. The average molecular weight is 293 g/mol. The number of rotatable bonds is 5. The molecule has 1 nitrogen and oxygen atoms in total. The van der Waals surface area contributed by atoms with Gasteiger partial charge in [0.1, 0.15) is 5.82 Å². The summed E-state index contributed by atoms with van der Waals surface area (Å²) in [6, 6.07) is 8.72. The standard InChI is InChI=1S/C17H18F3N/c1-3-21-16(13-6-4-5-11(2)17(13)20)10-12-7-8-14(18)15(19)9-12/h4-9,16,21H,3,10H2,1-2H3. The van der Waals surface area contributed by atoms with Gasteiger partial charge in [0.2, 0.25) is 0 Å². The largest absolute Gasteiger partial charge is 0.310 e. The van der Waals surface area contributed by atoms with Gasteiger partial charge in [-0.25, -0.2) is 13.2 Å².